The number of hydrogen-bond donors (Lipinski definition) is 1. The fraction of sp³-hybridized carbons (Fsp3) is 1.00. The molecule has 90 valence electrons. The zero-order valence-corrected chi connectivity index (χ0v) is 10.2. The van der Waals surface area contributed by atoms with E-state index >= 15 is 0 Å². The number of aliphatic hydroxyl groups is 1. The summed E-state index contributed by atoms with van der Waals surface area (Å²) in [6.45, 7) is 5.64. The van der Waals surface area contributed by atoms with Crippen LogP contribution in [0.3, 0.4) is 0 Å². The maximum Gasteiger partial charge on any atom is 0.0802 e. The molecule has 1 N–H and O–H groups in total. The van der Waals surface area contributed by atoms with Crippen LogP contribution in [0.25, 0.3) is 0 Å². The Labute approximate surface area is 97.4 Å². The number of piperidine rings is 1. The summed E-state index contributed by atoms with van der Waals surface area (Å²) in [5.74, 6) is 0.316. The van der Waals surface area contributed by atoms with Gasteiger partial charge in [0.2, 0.25) is 0 Å². The van der Waals surface area contributed by atoms with E-state index in [1.807, 2.05) is 0 Å². The first-order valence-corrected chi connectivity index (χ1v) is 6.37. The van der Waals surface area contributed by atoms with Crippen LogP contribution in [0.2, 0.25) is 0 Å². The smallest absolute Gasteiger partial charge is 0.0802 e. The van der Waals surface area contributed by atoms with Crippen LogP contribution >= 0.6 is 11.6 Å². The van der Waals surface area contributed by atoms with Gasteiger partial charge in [0.05, 0.1) is 12.2 Å². The van der Waals surface area contributed by atoms with Gasteiger partial charge in [0.1, 0.15) is 0 Å². The summed E-state index contributed by atoms with van der Waals surface area (Å²) in [5.41, 5.74) is 0. The van der Waals surface area contributed by atoms with Gasteiger partial charge in [-0.2, -0.15) is 0 Å². The van der Waals surface area contributed by atoms with Crippen molar-refractivity contribution in [3.63, 3.8) is 0 Å². The summed E-state index contributed by atoms with van der Waals surface area (Å²) in [5, 5.41) is 9.46. The number of rotatable bonds is 6. The molecule has 2 unspecified atom stereocenters. The van der Waals surface area contributed by atoms with E-state index in [0.29, 0.717) is 18.5 Å². The third kappa shape index (κ3) is 5.16. The van der Waals surface area contributed by atoms with Gasteiger partial charge in [-0.3, -0.25) is 4.90 Å². The monoisotopic (exact) mass is 235 g/mol. The number of halogens is 1. The molecule has 0 aromatic heterocycles. The second-order valence-corrected chi connectivity index (χ2v) is 4.51. The van der Waals surface area contributed by atoms with Gasteiger partial charge in [-0.1, -0.05) is 6.92 Å². The molecule has 1 aliphatic rings. The molecular formula is C11H22ClNO2. The van der Waals surface area contributed by atoms with E-state index in [-0.39, 0.29) is 0 Å². The third-order valence-electron chi connectivity index (χ3n) is 2.67. The van der Waals surface area contributed by atoms with E-state index in [2.05, 4.69) is 11.8 Å². The minimum atomic E-state index is -0.406. The predicted molar refractivity (Wildman–Crippen MR) is 62.4 cm³/mol. The normalized spacial score (nSPS) is 25.4. The van der Waals surface area contributed by atoms with Crippen molar-refractivity contribution in [2.75, 3.05) is 32.1 Å². The van der Waals surface area contributed by atoms with Crippen molar-refractivity contribution < 1.29 is 9.84 Å². The van der Waals surface area contributed by atoms with Crippen molar-refractivity contribution in [1.29, 1.82) is 0 Å². The van der Waals surface area contributed by atoms with Gasteiger partial charge in [0.25, 0.3) is 0 Å². The predicted octanol–water partition coefficient (Wildman–Crippen LogP) is 1.48. The van der Waals surface area contributed by atoms with Gasteiger partial charge in [-0.25, -0.2) is 0 Å². The lowest BCUT2D eigenvalue weighted by Gasteiger charge is -2.33. The van der Waals surface area contributed by atoms with Gasteiger partial charge in [-0.05, 0) is 25.8 Å². The van der Waals surface area contributed by atoms with Gasteiger partial charge in [0.15, 0.2) is 0 Å². The van der Waals surface area contributed by atoms with Gasteiger partial charge in [0, 0.05) is 25.6 Å². The number of nitrogens with zero attached hydrogens (tertiary/aromatic N) is 1. The highest BCUT2D eigenvalue weighted by atomic mass is 35.5. The molecule has 1 fully saturated rings. The minimum Gasteiger partial charge on any atom is -0.391 e. The summed E-state index contributed by atoms with van der Waals surface area (Å²) in [6, 6.07) is 0. The Morgan fingerprint density at radius 3 is 3.07 bits per heavy atom. The molecule has 4 heteroatoms. The number of likely N-dealkylation sites (tertiary alicyclic amines) is 1. The molecule has 1 heterocycles. The molecule has 0 amide bonds. The largest absolute Gasteiger partial charge is 0.391 e. The summed E-state index contributed by atoms with van der Waals surface area (Å²) in [6.07, 6.45) is 3.32. The Hall–Kier alpha value is 0.170. The van der Waals surface area contributed by atoms with E-state index in [9.17, 15) is 5.11 Å². The molecule has 0 bridgehead atoms. The number of aliphatic hydroxyl groups excluding tert-OH is 1. The molecule has 0 spiro atoms. The highest BCUT2D eigenvalue weighted by Crippen LogP contribution is 2.13. The van der Waals surface area contributed by atoms with Crippen molar-refractivity contribution in [2.45, 2.75) is 38.4 Å². The molecule has 1 saturated heterocycles. The van der Waals surface area contributed by atoms with E-state index in [1.165, 1.54) is 0 Å². The minimum absolute atomic E-state index is 0.316. The topological polar surface area (TPSA) is 32.7 Å². The molecule has 0 aliphatic carbocycles. The van der Waals surface area contributed by atoms with Gasteiger partial charge >= 0.3 is 0 Å². The molecule has 0 aromatic rings. The van der Waals surface area contributed by atoms with Crippen LogP contribution in [0.1, 0.15) is 26.2 Å². The molecule has 0 radical (unpaired) electrons. The standard InChI is InChI=1S/C11H22ClNO2/c1-2-6-15-11-4-3-5-13(9-11)8-10(14)7-12/h10-11,14H,2-9H2,1H3. The average Bonchev–Trinajstić information content (AvgIpc) is 2.26. The fourth-order valence-corrected chi connectivity index (χ4v) is 2.04. The van der Waals surface area contributed by atoms with E-state index in [1.54, 1.807) is 0 Å². The fourth-order valence-electron chi connectivity index (χ4n) is 1.95. The van der Waals surface area contributed by atoms with E-state index in [0.717, 1.165) is 39.0 Å². The molecular weight excluding hydrogens is 214 g/mol. The van der Waals surface area contributed by atoms with Crippen LogP contribution in [0.5, 0.6) is 0 Å². The second-order valence-electron chi connectivity index (χ2n) is 4.20. The Balaban J connectivity index is 2.22. The van der Waals surface area contributed by atoms with Crippen molar-refractivity contribution in [2.24, 2.45) is 0 Å². The molecule has 0 aromatic carbocycles. The third-order valence-corrected chi connectivity index (χ3v) is 3.02. The number of β-amino-alcohol motifs (C(OH)–C–C–N with tert-alkyl or cyclic N) is 1. The van der Waals surface area contributed by atoms with E-state index in [4.69, 9.17) is 16.3 Å². The summed E-state index contributed by atoms with van der Waals surface area (Å²) < 4.78 is 5.72. The highest BCUT2D eigenvalue weighted by molar-refractivity contribution is 6.18. The Morgan fingerprint density at radius 1 is 1.60 bits per heavy atom. The molecule has 15 heavy (non-hydrogen) atoms. The van der Waals surface area contributed by atoms with Crippen LogP contribution in [-0.4, -0.2) is 54.3 Å². The first-order valence-electron chi connectivity index (χ1n) is 5.84. The average molecular weight is 236 g/mol. The number of ether oxygens (including phenoxy) is 1. The summed E-state index contributed by atoms with van der Waals surface area (Å²) >= 11 is 5.58. The molecule has 0 saturated carbocycles. The van der Waals surface area contributed by atoms with Crippen LogP contribution in [0.15, 0.2) is 0 Å². The lowest BCUT2D eigenvalue weighted by molar-refractivity contribution is -0.00961. The van der Waals surface area contributed by atoms with Crippen LogP contribution in [0, 0.1) is 0 Å². The summed E-state index contributed by atoms with van der Waals surface area (Å²) in [4.78, 5) is 2.25. The first-order chi connectivity index (χ1) is 7.26. The van der Waals surface area contributed by atoms with Gasteiger partial charge in [-0.15, -0.1) is 11.6 Å². The number of hydrogen-bond acceptors (Lipinski definition) is 3. The summed E-state index contributed by atoms with van der Waals surface area (Å²) in [7, 11) is 0. The number of alkyl halides is 1. The van der Waals surface area contributed by atoms with Crippen molar-refractivity contribution in [3.05, 3.63) is 0 Å². The van der Waals surface area contributed by atoms with E-state index < -0.39 is 6.10 Å². The zero-order chi connectivity index (χ0) is 11.1. The van der Waals surface area contributed by atoms with Gasteiger partial charge < -0.3 is 9.84 Å². The van der Waals surface area contributed by atoms with Crippen molar-refractivity contribution >= 4 is 11.6 Å². The molecule has 1 aliphatic heterocycles. The second kappa shape index (κ2) is 7.44. The van der Waals surface area contributed by atoms with Crippen LogP contribution < -0.4 is 0 Å². The maximum absolute atomic E-state index is 9.46. The van der Waals surface area contributed by atoms with Crippen LogP contribution in [-0.2, 0) is 4.74 Å². The Kier molecular flexibility index (Phi) is 6.57. The Morgan fingerprint density at radius 2 is 2.40 bits per heavy atom. The molecule has 3 nitrogen and oxygen atoms in total. The van der Waals surface area contributed by atoms with Crippen molar-refractivity contribution in [1.82, 2.24) is 4.90 Å². The van der Waals surface area contributed by atoms with Crippen LogP contribution in [0.4, 0.5) is 0 Å². The quantitative estimate of drug-likeness (QED) is 0.708. The lowest BCUT2D eigenvalue weighted by Crippen LogP contribution is -2.43. The molecule has 1 rings (SSSR count). The maximum atomic E-state index is 9.46. The Bertz CT molecular complexity index is 169. The van der Waals surface area contributed by atoms with Crippen molar-refractivity contribution in [3.8, 4) is 0 Å². The lowest BCUT2D eigenvalue weighted by atomic mass is 10.1. The first kappa shape index (κ1) is 13.2. The highest BCUT2D eigenvalue weighted by Gasteiger charge is 2.21. The molecule has 2 atom stereocenters. The zero-order valence-electron chi connectivity index (χ0n) is 9.49. The SMILES string of the molecule is CCCOC1CCCN(CC(O)CCl)C1.